The zero-order chi connectivity index (χ0) is 21.6. The van der Waals surface area contributed by atoms with Crippen LogP contribution in [0.5, 0.6) is 0 Å². The summed E-state index contributed by atoms with van der Waals surface area (Å²) in [5, 5.41) is 6.53. The number of hydrogen-bond acceptors (Lipinski definition) is 3. The first kappa shape index (κ1) is 20.2. The minimum absolute atomic E-state index is 0.103. The lowest BCUT2D eigenvalue weighted by atomic mass is 10.0. The Balaban J connectivity index is 1.50. The van der Waals surface area contributed by atoms with Crippen LogP contribution in [0.2, 0.25) is 0 Å². The summed E-state index contributed by atoms with van der Waals surface area (Å²) in [6.07, 6.45) is -4.18. The molecule has 2 aliphatic rings. The molecule has 1 aliphatic heterocycles. The normalized spacial score (nSPS) is 15.9. The molecule has 0 unspecified atom stereocenters. The van der Waals surface area contributed by atoms with Crippen LogP contribution in [0.25, 0.3) is 0 Å². The van der Waals surface area contributed by atoms with Crippen LogP contribution in [0.3, 0.4) is 0 Å². The smallest absolute Gasteiger partial charge is 0.364 e. The molecular formula is C21H20F4N4O. The van der Waals surface area contributed by atoms with Crippen molar-refractivity contribution < 1.29 is 22.4 Å². The SMILES string of the molecule is Cc1cc(N2CCn3nc(C(F)(F)F)cc3C2)cc(C)c1NC(=O)CC1=C=C(F)C1. The molecule has 0 saturated carbocycles. The molecule has 2 aromatic rings. The van der Waals surface area contributed by atoms with E-state index >= 15 is 0 Å². The van der Waals surface area contributed by atoms with Crippen molar-refractivity contribution in [2.45, 2.75) is 46.0 Å². The first-order valence-corrected chi connectivity index (χ1v) is 9.53. The Hall–Kier alpha value is -3.06. The molecule has 4 rings (SSSR count). The van der Waals surface area contributed by atoms with E-state index in [9.17, 15) is 22.4 Å². The maximum absolute atomic E-state index is 12.9. The number of halogens is 4. The van der Waals surface area contributed by atoms with E-state index in [-0.39, 0.29) is 24.6 Å². The molecule has 0 bridgehead atoms. The molecule has 1 amide bonds. The number of anilines is 2. The fraction of sp³-hybridized carbons (Fsp3) is 0.381. The van der Waals surface area contributed by atoms with Crippen LogP contribution in [0.4, 0.5) is 28.9 Å². The molecule has 158 valence electrons. The number of aryl methyl sites for hydroxylation is 2. The van der Waals surface area contributed by atoms with E-state index in [0.29, 0.717) is 36.6 Å². The third-order valence-electron chi connectivity index (χ3n) is 5.29. The Kier molecular flexibility index (Phi) is 4.94. The van der Waals surface area contributed by atoms with E-state index in [0.717, 1.165) is 22.9 Å². The van der Waals surface area contributed by atoms with E-state index in [1.54, 1.807) is 0 Å². The summed E-state index contributed by atoms with van der Waals surface area (Å²) in [5.41, 5.74) is 6.01. The van der Waals surface area contributed by atoms with Crippen molar-refractivity contribution in [2.75, 3.05) is 16.8 Å². The average Bonchev–Trinajstić information content (AvgIpc) is 3.07. The molecule has 0 atom stereocenters. The van der Waals surface area contributed by atoms with Crippen molar-refractivity contribution in [1.29, 1.82) is 0 Å². The van der Waals surface area contributed by atoms with Crippen molar-refractivity contribution in [3.63, 3.8) is 0 Å². The van der Waals surface area contributed by atoms with Gasteiger partial charge in [-0.2, -0.15) is 18.3 Å². The van der Waals surface area contributed by atoms with Crippen LogP contribution >= 0.6 is 0 Å². The Bertz CT molecular complexity index is 1070. The molecule has 5 nitrogen and oxygen atoms in total. The quantitative estimate of drug-likeness (QED) is 0.579. The first-order chi connectivity index (χ1) is 14.1. The van der Waals surface area contributed by atoms with Gasteiger partial charge >= 0.3 is 6.18 Å². The van der Waals surface area contributed by atoms with Crippen LogP contribution in [0.15, 0.2) is 35.3 Å². The number of nitrogens with zero attached hydrogens (tertiary/aromatic N) is 3. The van der Waals surface area contributed by atoms with Gasteiger partial charge in [-0.15, -0.1) is 0 Å². The van der Waals surface area contributed by atoms with Crippen molar-refractivity contribution in [3.05, 3.63) is 57.8 Å². The minimum atomic E-state index is -4.46. The van der Waals surface area contributed by atoms with Crippen molar-refractivity contribution in [1.82, 2.24) is 9.78 Å². The highest BCUT2D eigenvalue weighted by Crippen LogP contribution is 2.33. The number of carbonyl (C=O) groups excluding carboxylic acids is 1. The van der Waals surface area contributed by atoms with Crippen molar-refractivity contribution in [3.8, 4) is 0 Å². The molecule has 9 heteroatoms. The van der Waals surface area contributed by atoms with Crippen LogP contribution in [0.1, 0.15) is 35.4 Å². The number of carbonyl (C=O) groups is 1. The van der Waals surface area contributed by atoms with Gasteiger partial charge < -0.3 is 10.2 Å². The van der Waals surface area contributed by atoms with Crippen LogP contribution < -0.4 is 10.2 Å². The maximum Gasteiger partial charge on any atom is 0.435 e. The third-order valence-corrected chi connectivity index (χ3v) is 5.29. The lowest BCUT2D eigenvalue weighted by Crippen LogP contribution is -2.34. The monoisotopic (exact) mass is 420 g/mol. The summed E-state index contributed by atoms with van der Waals surface area (Å²) < 4.78 is 52.9. The van der Waals surface area contributed by atoms with E-state index in [2.05, 4.69) is 16.1 Å². The molecule has 1 aliphatic carbocycles. The second kappa shape index (κ2) is 7.32. The third kappa shape index (κ3) is 3.98. The molecule has 1 N–H and O–H groups in total. The van der Waals surface area contributed by atoms with Gasteiger partial charge in [0.25, 0.3) is 0 Å². The summed E-state index contributed by atoms with van der Waals surface area (Å²) in [6, 6.07) is 4.90. The minimum Gasteiger partial charge on any atom is -0.364 e. The van der Waals surface area contributed by atoms with Gasteiger partial charge in [0.2, 0.25) is 5.91 Å². The lowest BCUT2D eigenvalue weighted by molar-refractivity contribution is -0.141. The molecule has 0 saturated heterocycles. The Morgan fingerprint density at radius 3 is 2.47 bits per heavy atom. The van der Waals surface area contributed by atoms with Gasteiger partial charge in [0.05, 0.1) is 25.2 Å². The molecule has 1 aromatic heterocycles. The highest BCUT2D eigenvalue weighted by Gasteiger charge is 2.35. The molecular weight excluding hydrogens is 400 g/mol. The van der Waals surface area contributed by atoms with E-state index in [1.165, 1.54) is 4.68 Å². The number of rotatable bonds is 4. The number of fused-ring (bicyclic) bond motifs is 1. The Labute approximate surface area is 170 Å². The van der Waals surface area contributed by atoms with Gasteiger partial charge in [0, 0.05) is 24.3 Å². The number of nitrogens with one attached hydrogen (secondary N) is 1. The fourth-order valence-electron chi connectivity index (χ4n) is 3.79. The second-order valence-corrected chi connectivity index (χ2v) is 7.65. The van der Waals surface area contributed by atoms with Gasteiger partial charge in [-0.25, -0.2) is 4.39 Å². The highest BCUT2D eigenvalue weighted by molar-refractivity contribution is 5.94. The first-order valence-electron chi connectivity index (χ1n) is 9.53. The molecule has 1 aromatic carbocycles. The molecule has 0 fully saturated rings. The van der Waals surface area contributed by atoms with Gasteiger partial charge in [-0.05, 0) is 48.7 Å². The molecule has 30 heavy (non-hydrogen) atoms. The standard InChI is InChI=1S/C21H20F4N4O/c1-12-5-16(6-13(2)20(12)26-19(30)9-14-7-15(22)8-14)28-3-4-29-17(11-28)10-18(27-29)21(23,24)25/h5-6,10H,3-4,7,9,11H2,1-2H3,(H,26,30). The number of hydrogen-bond donors (Lipinski definition) is 1. The average molecular weight is 420 g/mol. The second-order valence-electron chi connectivity index (χ2n) is 7.65. The number of alkyl halides is 3. The predicted molar refractivity (Wildman–Crippen MR) is 104 cm³/mol. The van der Waals surface area contributed by atoms with Crippen LogP contribution in [-0.4, -0.2) is 22.2 Å². The number of amides is 1. The van der Waals surface area contributed by atoms with E-state index < -0.39 is 11.9 Å². The van der Waals surface area contributed by atoms with Gasteiger partial charge in [-0.1, -0.05) is 5.73 Å². The van der Waals surface area contributed by atoms with Crippen molar-refractivity contribution in [2.24, 2.45) is 0 Å². The highest BCUT2D eigenvalue weighted by atomic mass is 19.4. The van der Waals surface area contributed by atoms with E-state index in [4.69, 9.17) is 0 Å². The number of benzene rings is 1. The predicted octanol–water partition coefficient (Wildman–Crippen LogP) is 4.65. The Morgan fingerprint density at radius 2 is 1.87 bits per heavy atom. The van der Waals surface area contributed by atoms with Crippen molar-refractivity contribution >= 4 is 17.3 Å². The number of aromatic nitrogens is 2. The van der Waals surface area contributed by atoms with Gasteiger partial charge in [0.15, 0.2) is 5.69 Å². The maximum atomic E-state index is 12.9. The summed E-state index contributed by atoms with van der Waals surface area (Å²) >= 11 is 0. The Morgan fingerprint density at radius 1 is 1.20 bits per heavy atom. The molecule has 2 heterocycles. The summed E-state index contributed by atoms with van der Waals surface area (Å²) in [5.74, 6) is -0.565. The van der Waals surface area contributed by atoms with Crippen LogP contribution in [0, 0.1) is 13.8 Å². The lowest BCUT2D eigenvalue weighted by Gasteiger charge is -2.30. The van der Waals surface area contributed by atoms with Crippen LogP contribution in [-0.2, 0) is 24.1 Å². The molecule has 0 radical (unpaired) electrons. The topological polar surface area (TPSA) is 50.2 Å². The van der Waals surface area contributed by atoms with Gasteiger partial charge in [-0.3, -0.25) is 9.48 Å². The zero-order valence-corrected chi connectivity index (χ0v) is 16.5. The van der Waals surface area contributed by atoms with E-state index in [1.807, 2.05) is 30.9 Å². The molecule has 0 spiro atoms. The largest absolute Gasteiger partial charge is 0.435 e. The summed E-state index contributed by atoms with van der Waals surface area (Å²) in [6.45, 7) is 4.94. The zero-order valence-electron chi connectivity index (χ0n) is 16.5. The van der Waals surface area contributed by atoms with Gasteiger partial charge in [0.1, 0.15) is 5.83 Å². The summed E-state index contributed by atoms with van der Waals surface area (Å²) in [7, 11) is 0. The summed E-state index contributed by atoms with van der Waals surface area (Å²) in [4.78, 5) is 14.2. The fourth-order valence-corrected chi connectivity index (χ4v) is 3.79.